The average molecular weight is 258 g/mol. The molecule has 98 valence electrons. The lowest BCUT2D eigenvalue weighted by Crippen LogP contribution is -2.50. The number of rotatable bonds is 3. The summed E-state index contributed by atoms with van der Waals surface area (Å²) in [6, 6.07) is 7.46. The lowest BCUT2D eigenvalue weighted by atomic mass is 10.0. The minimum absolute atomic E-state index is 0.0769. The fourth-order valence-corrected chi connectivity index (χ4v) is 2.07. The molecule has 2 heterocycles. The Labute approximate surface area is 110 Å². The number of fused-ring (bicyclic) bond motifs is 1. The number of hydrogen-bond donors (Lipinski definition) is 1. The van der Waals surface area contributed by atoms with Crippen LogP contribution in [0.25, 0.3) is 17.2 Å². The molecular formula is C14H14N2O3. The van der Waals surface area contributed by atoms with E-state index in [-0.39, 0.29) is 18.4 Å². The zero-order valence-electron chi connectivity index (χ0n) is 10.3. The number of aliphatic hydroxyl groups is 1. The Kier molecular flexibility index (Phi) is 3.05. The van der Waals surface area contributed by atoms with Crippen molar-refractivity contribution in [2.45, 2.75) is 0 Å². The lowest BCUT2D eigenvalue weighted by Gasteiger charge is -2.37. The number of amides is 1. The third-order valence-corrected chi connectivity index (χ3v) is 3.21. The summed E-state index contributed by atoms with van der Waals surface area (Å²) >= 11 is 0. The summed E-state index contributed by atoms with van der Waals surface area (Å²) in [5.74, 6) is 0.572. The highest BCUT2D eigenvalue weighted by molar-refractivity contribution is 5.92. The first kappa shape index (κ1) is 11.9. The van der Waals surface area contributed by atoms with Crippen LogP contribution in [0.2, 0.25) is 0 Å². The Bertz CT molecular complexity index is 593. The first-order chi connectivity index (χ1) is 9.26. The van der Waals surface area contributed by atoms with Gasteiger partial charge in [-0.05, 0) is 12.1 Å². The quantitative estimate of drug-likeness (QED) is 0.842. The zero-order chi connectivity index (χ0) is 13.2. The van der Waals surface area contributed by atoms with Crippen LogP contribution in [0.3, 0.4) is 0 Å². The maximum Gasteiger partial charge on any atom is 0.246 e. The van der Waals surface area contributed by atoms with Crippen molar-refractivity contribution in [3.8, 4) is 0 Å². The van der Waals surface area contributed by atoms with Gasteiger partial charge in [-0.3, -0.25) is 4.79 Å². The molecule has 1 fully saturated rings. The second kappa shape index (κ2) is 4.85. The van der Waals surface area contributed by atoms with Gasteiger partial charge in [-0.2, -0.15) is 0 Å². The maximum atomic E-state index is 11.8. The van der Waals surface area contributed by atoms with E-state index >= 15 is 0 Å². The number of aliphatic hydroxyl groups excluding tert-OH is 1. The van der Waals surface area contributed by atoms with Gasteiger partial charge in [-0.25, -0.2) is 4.98 Å². The van der Waals surface area contributed by atoms with Crippen molar-refractivity contribution in [1.82, 2.24) is 9.88 Å². The summed E-state index contributed by atoms with van der Waals surface area (Å²) in [6.07, 6.45) is 3.03. The molecule has 0 radical (unpaired) electrons. The standard InChI is InChI=1S/C14H14N2O3/c17-9-10-7-16(8-10)14(18)6-5-13-15-11-3-1-2-4-12(11)19-13/h1-6,10,17H,7-9H2. The minimum atomic E-state index is -0.0769. The van der Waals surface area contributed by atoms with E-state index < -0.39 is 0 Å². The highest BCUT2D eigenvalue weighted by Crippen LogP contribution is 2.17. The predicted molar refractivity (Wildman–Crippen MR) is 70.2 cm³/mol. The van der Waals surface area contributed by atoms with Crippen molar-refractivity contribution in [3.05, 3.63) is 36.2 Å². The molecule has 1 saturated heterocycles. The van der Waals surface area contributed by atoms with Gasteiger partial charge in [-0.15, -0.1) is 0 Å². The predicted octanol–water partition coefficient (Wildman–Crippen LogP) is 1.29. The van der Waals surface area contributed by atoms with Crippen LogP contribution >= 0.6 is 0 Å². The largest absolute Gasteiger partial charge is 0.437 e. The van der Waals surface area contributed by atoms with Gasteiger partial charge in [0.05, 0.1) is 0 Å². The van der Waals surface area contributed by atoms with E-state index in [1.165, 1.54) is 6.08 Å². The van der Waals surface area contributed by atoms with Crippen molar-refractivity contribution in [3.63, 3.8) is 0 Å². The Morgan fingerprint density at radius 2 is 2.26 bits per heavy atom. The van der Waals surface area contributed by atoms with Crippen molar-refractivity contribution in [2.75, 3.05) is 19.7 Å². The van der Waals surface area contributed by atoms with E-state index in [1.807, 2.05) is 24.3 Å². The van der Waals surface area contributed by atoms with Crippen molar-refractivity contribution >= 4 is 23.1 Å². The van der Waals surface area contributed by atoms with Crippen LogP contribution in [0.1, 0.15) is 5.89 Å². The van der Waals surface area contributed by atoms with Crippen molar-refractivity contribution in [2.24, 2.45) is 5.92 Å². The number of oxazole rings is 1. The van der Waals surface area contributed by atoms with Gasteiger partial charge >= 0.3 is 0 Å². The van der Waals surface area contributed by atoms with Gasteiger partial charge in [0.2, 0.25) is 11.8 Å². The summed E-state index contributed by atoms with van der Waals surface area (Å²) in [6.45, 7) is 1.37. The van der Waals surface area contributed by atoms with Crippen LogP contribution in [0.5, 0.6) is 0 Å². The van der Waals surface area contributed by atoms with Crippen LogP contribution < -0.4 is 0 Å². The molecule has 1 aliphatic rings. The van der Waals surface area contributed by atoms with Gasteiger partial charge in [0.15, 0.2) is 5.58 Å². The fourth-order valence-electron chi connectivity index (χ4n) is 2.07. The molecule has 0 unspecified atom stereocenters. The first-order valence-electron chi connectivity index (χ1n) is 6.19. The van der Waals surface area contributed by atoms with Gasteiger partial charge in [0, 0.05) is 37.8 Å². The number of benzene rings is 1. The molecule has 5 heteroatoms. The highest BCUT2D eigenvalue weighted by Gasteiger charge is 2.28. The smallest absolute Gasteiger partial charge is 0.246 e. The van der Waals surface area contributed by atoms with Gasteiger partial charge < -0.3 is 14.4 Å². The minimum Gasteiger partial charge on any atom is -0.437 e. The average Bonchev–Trinajstić information content (AvgIpc) is 2.77. The van der Waals surface area contributed by atoms with Crippen LogP contribution in [0.15, 0.2) is 34.8 Å². The summed E-state index contributed by atoms with van der Waals surface area (Å²) < 4.78 is 5.48. The number of carbonyl (C=O) groups excluding carboxylic acids is 1. The number of nitrogens with zero attached hydrogens (tertiary/aromatic N) is 2. The van der Waals surface area contributed by atoms with E-state index in [1.54, 1.807) is 11.0 Å². The second-order valence-electron chi connectivity index (χ2n) is 4.64. The van der Waals surface area contributed by atoms with Gasteiger partial charge in [0.25, 0.3) is 0 Å². The van der Waals surface area contributed by atoms with E-state index in [2.05, 4.69) is 4.98 Å². The molecule has 5 nitrogen and oxygen atoms in total. The van der Waals surface area contributed by atoms with Crippen LogP contribution in [0.4, 0.5) is 0 Å². The second-order valence-corrected chi connectivity index (χ2v) is 4.64. The maximum absolute atomic E-state index is 11.8. The monoisotopic (exact) mass is 258 g/mol. The molecule has 0 aliphatic carbocycles. The molecule has 1 aliphatic heterocycles. The van der Waals surface area contributed by atoms with Crippen LogP contribution in [-0.2, 0) is 4.79 Å². The molecule has 0 saturated carbocycles. The number of carbonyl (C=O) groups is 1. The molecule has 0 atom stereocenters. The number of hydrogen-bond acceptors (Lipinski definition) is 4. The Balaban J connectivity index is 1.67. The third kappa shape index (κ3) is 2.37. The Hall–Kier alpha value is -2.14. The van der Waals surface area contributed by atoms with Crippen LogP contribution in [-0.4, -0.2) is 40.6 Å². The van der Waals surface area contributed by atoms with Crippen molar-refractivity contribution < 1.29 is 14.3 Å². The summed E-state index contributed by atoms with van der Waals surface area (Å²) in [4.78, 5) is 17.7. The van der Waals surface area contributed by atoms with Crippen LogP contribution in [0, 0.1) is 5.92 Å². The molecule has 19 heavy (non-hydrogen) atoms. The zero-order valence-corrected chi connectivity index (χ0v) is 10.3. The molecule has 1 N–H and O–H groups in total. The Morgan fingerprint density at radius 1 is 1.47 bits per heavy atom. The molecule has 1 aromatic heterocycles. The summed E-state index contributed by atoms with van der Waals surface area (Å²) in [7, 11) is 0. The van der Waals surface area contributed by atoms with Gasteiger partial charge in [0.1, 0.15) is 5.52 Å². The molecule has 0 spiro atoms. The fraction of sp³-hybridized carbons (Fsp3) is 0.286. The summed E-state index contributed by atoms with van der Waals surface area (Å²) in [5, 5.41) is 8.89. The third-order valence-electron chi connectivity index (χ3n) is 3.21. The number of likely N-dealkylation sites (tertiary alicyclic amines) is 1. The van der Waals surface area contributed by atoms with E-state index in [0.29, 0.717) is 24.6 Å². The lowest BCUT2D eigenvalue weighted by molar-refractivity contribution is -0.132. The molecule has 3 rings (SSSR count). The molecular weight excluding hydrogens is 244 g/mol. The topological polar surface area (TPSA) is 66.6 Å². The Morgan fingerprint density at radius 3 is 3.00 bits per heavy atom. The highest BCUT2D eigenvalue weighted by atomic mass is 16.3. The molecule has 1 aromatic carbocycles. The normalized spacial score (nSPS) is 16.2. The number of para-hydroxylation sites is 2. The van der Waals surface area contributed by atoms with E-state index in [0.717, 1.165) is 5.52 Å². The van der Waals surface area contributed by atoms with Crippen molar-refractivity contribution in [1.29, 1.82) is 0 Å². The molecule has 1 amide bonds. The molecule has 0 bridgehead atoms. The SMILES string of the molecule is O=C(C=Cc1nc2ccccc2o1)N1CC(CO)C1. The van der Waals surface area contributed by atoms with Gasteiger partial charge in [-0.1, -0.05) is 12.1 Å². The first-order valence-corrected chi connectivity index (χ1v) is 6.19. The molecule has 2 aromatic rings. The number of aromatic nitrogens is 1. The van der Waals surface area contributed by atoms with E-state index in [4.69, 9.17) is 9.52 Å². The van der Waals surface area contributed by atoms with E-state index in [9.17, 15) is 4.79 Å². The summed E-state index contributed by atoms with van der Waals surface area (Å²) in [5.41, 5.74) is 1.48.